The van der Waals surface area contributed by atoms with Crippen LogP contribution in [0.15, 0.2) is 48.5 Å². The van der Waals surface area contributed by atoms with E-state index in [0.29, 0.717) is 39.3 Å². The number of hydrogen-bond donors (Lipinski definition) is 2. The monoisotopic (exact) mass is 390 g/mol. The average Bonchev–Trinajstić information content (AvgIpc) is 2.59. The first kappa shape index (κ1) is 20.0. The van der Waals surface area contributed by atoms with Gasteiger partial charge < -0.3 is 10.6 Å². The largest absolute Gasteiger partial charge is 0.352 e. The van der Waals surface area contributed by atoms with Gasteiger partial charge in [-0.05, 0) is 41.8 Å². The van der Waals surface area contributed by atoms with Crippen molar-refractivity contribution in [1.29, 1.82) is 0 Å². The van der Waals surface area contributed by atoms with Gasteiger partial charge in [-0.2, -0.15) is 0 Å². The third-order valence-corrected chi connectivity index (χ3v) is 4.04. The summed E-state index contributed by atoms with van der Waals surface area (Å²) in [7, 11) is 0. The summed E-state index contributed by atoms with van der Waals surface area (Å²) in [6.45, 7) is 4.59. The van der Waals surface area contributed by atoms with Crippen LogP contribution in [-0.2, 0) is 4.79 Å². The predicted octanol–water partition coefficient (Wildman–Crippen LogP) is 5.03. The zero-order chi connectivity index (χ0) is 19.1. The normalized spacial score (nSPS) is 11.0. The summed E-state index contributed by atoms with van der Waals surface area (Å²) >= 11 is 11.9. The molecule has 2 N–H and O–H groups in total. The minimum absolute atomic E-state index is 0.223. The van der Waals surface area contributed by atoms with Gasteiger partial charge in [-0.3, -0.25) is 9.59 Å². The van der Waals surface area contributed by atoms with Gasteiger partial charge in [0.05, 0.1) is 11.3 Å². The van der Waals surface area contributed by atoms with Crippen LogP contribution in [-0.4, -0.2) is 18.4 Å². The minimum atomic E-state index is -0.361. The summed E-state index contributed by atoms with van der Waals surface area (Å²) in [4.78, 5) is 24.5. The van der Waals surface area contributed by atoms with Gasteiger partial charge in [0.15, 0.2) is 0 Å². The third kappa shape index (κ3) is 5.90. The number of carbonyl (C=O) groups excluding carboxylic acids is 2. The van der Waals surface area contributed by atoms with Crippen molar-refractivity contribution in [2.24, 2.45) is 5.92 Å². The molecular formula is C20H20Cl2N2O2. The first-order valence-corrected chi connectivity index (χ1v) is 8.93. The number of hydrogen-bond acceptors (Lipinski definition) is 2. The minimum Gasteiger partial charge on any atom is -0.352 e. The van der Waals surface area contributed by atoms with Gasteiger partial charge in [-0.25, -0.2) is 0 Å². The van der Waals surface area contributed by atoms with Crippen LogP contribution in [0.2, 0.25) is 10.0 Å². The molecule has 0 atom stereocenters. The van der Waals surface area contributed by atoms with Crippen LogP contribution < -0.4 is 10.6 Å². The van der Waals surface area contributed by atoms with E-state index >= 15 is 0 Å². The van der Waals surface area contributed by atoms with E-state index in [1.165, 1.54) is 6.08 Å². The molecule has 0 bridgehead atoms. The Kier molecular flexibility index (Phi) is 7.25. The number of halogens is 2. The van der Waals surface area contributed by atoms with Gasteiger partial charge in [0.1, 0.15) is 0 Å². The van der Waals surface area contributed by atoms with Gasteiger partial charge in [0.2, 0.25) is 5.91 Å². The van der Waals surface area contributed by atoms with Gasteiger partial charge in [0, 0.05) is 22.7 Å². The summed E-state index contributed by atoms with van der Waals surface area (Å²) in [6, 6.07) is 11.9. The lowest BCUT2D eigenvalue weighted by molar-refractivity contribution is -0.111. The van der Waals surface area contributed by atoms with E-state index in [1.54, 1.807) is 48.5 Å². The Morgan fingerprint density at radius 1 is 1.12 bits per heavy atom. The van der Waals surface area contributed by atoms with E-state index in [-0.39, 0.29) is 11.8 Å². The molecule has 0 aliphatic carbocycles. The van der Waals surface area contributed by atoms with Crippen molar-refractivity contribution in [2.75, 3.05) is 11.9 Å². The maximum Gasteiger partial charge on any atom is 0.253 e. The maximum atomic E-state index is 12.3. The molecule has 136 valence electrons. The summed E-state index contributed by atoms with van der Waals surface area (Å²) in [5, 5.41) is 6.55. The van der Waals surface area contributed by atoms with Crippen molar-refractivity contribution < 1.29 is 9.59 Å². The Balaban J connectivity index is 2.09. The van der Waals surface area contributed by atoms with Crippen LogP contribution in [0.3, 0.4) is 0 Å². The number of rotatable bonds is 6. The molecule has 0 spiro atoms. The lowest BCUT2D eigenvalue weighted by Crippen LogP contribution is -2.28. The molecule has 0 heterocycles. The fourth-order valence-corrected chi connectivity index (χ4v) is 2.63. The fourth-order valence-electron chi connectivity index (χ4n) is 2.16. The summed E-state index contributed by atoms with van der Waals surface area (Å²) in [6.07, 6.45) is 2.95. The van der Waals surface area contributed by atoms with Crippen LogP contribution >= 0.6 is 23.2 Å². The van der Waals surface area contributed by atoms with Crippen LogP contribution in [0.25, 0.3) is 6.08 Å². The second-order valence-corrected chi connectivity index (χ2v) is 6.98. The van der Waals surface area contributed by atoms with Crippen LogP contribution in [0.4, 0.5) is 5.69 Å². The second kappa shape index (κ2) is 9.41. The van der Waals surface area contributed by atoms with E-state index in [0.717, 1.165) is 0 Å². The van der Waals surface area contributed by atoms with E-state index in [4.69, 9.17) is 23.2 Å². The molecule has 0 aliphatic rings. The molecule has 0 saturated heterocycles. The third-order valence-electron chi connectivity index (χ3n) is 3.48. The smallest absolute Gasteiger partial charge is 0.253 e. The number of benzene rings is 2. The predicted molar refractivity (Wildman–Crippen MR) is 108 cm³/mol. The van der Waals surface area contributed by atoms with Crippen LogP contribution in [0.5, 0.6) is 0 Å². The molecule has 0 aromatic heterocycles. The van der Waals surface area contributed by atoms with Crippen molar-refractivity contribution in [1.82, 2.24) is 5.32 Å². The number of carbonyl (C=O) groups is 2. The topological polar surface area (TPSA) is 58.2 Å². The molecule has 0 fully saturated rings. The van der Waals surface area contributed by atoms with Crippen molar-refractivity contribution in [2.45, 2.75) is 13.8 Å². The van der Waals surface area contributed by atoms with Crippen molar-refractivity contribution in [3.8, 4) is 0 Å². The average molecular weight is 391 g/mol. The summed E-state index contributed by atoms with van der Waals surface area (Å²) in [5.74, 6) is -0.243. The maximum absolute atomic E-state index is 12.3. The van der Waals surface area contributed by atoms with Crippen molar-refractivity contribution >= 4 is 46.8 Å². The lowest BCUT2D eigenvalue weighted by atomic mass is 10.1. The van der Waals surface area contributed by atoms with Gasteiger partial charge in [-0.15, -0.1) is 0 Å². The molecular weight excluding hydrogens is 371 g/mol. The van der Waals surface area contributed by atoms with E-state index < -0.39 is 0 Å². The molecule has 0 saturated carbocycles. The van der Waals surface area contributed by atoms with Gasteiger partial charge >= 0.3 is 0 Å². The molecule has 2 aromatic carbocycles. The molecule has 2 rings (SSSR count). The van der Waals surface area contributed by atoms with Crippen LogP contribution in [0.1, 0.15) is 29.8 Å². The highest BCUT2D eigenvalue weighted by atomic mass is 35.5. The molecule has 4 nitrogen and oxygen atoms in total. The van der Waals surface area contributed by atoms with Crippen molar-refractivity contribution in [3.05, 3.63) is 69.7 Å². The molecule has 2 amide bonds. The van der Waals surface area contributed by atoms with E-state index in [2.05, 4.69) is 10.6 Å². The SMILES string of the molecule is CC(C)CNC(=O)c1ccccc1NC(=O)/C=C/c1ccc(Cl)cc1Cl. The lowest BCUT2D eigenvalue weighted by Gasteiger charge is -2.11. The molecule has 0 radical (unpaired) electrons. The molecule has 26 heavy (non-hydrogen) atoms. The Hall–Kier alpha value is -2.30. The number of para-hydroxylation sites is 1. The zero-order valence-corrected chi connectivity index (χ0v) is 16.1. The molecule has 0 aliphatic heterocycles. The fraction of sp³-hybridized carbons (Fsp3) is 0.200. The number of amides is 2. The highest BCUT2D eigenvalue weighted by Gasteiger charge is 2.12. The Bertz CT molecular complexity index is 832. The summed E-state index contributed by atoms with van der Waals surface area (Å²) < 4.78 is 0. The number of anilines is 1. The Morgan fingerprint density at radius 3 is 2.54 bits per heavy atom. The molecule has 2 aromatic rings. The quantitative estimate of drug-likeness (QED) is 0.679. The first-order valence-electron chi connectivity index (χ1n) is 8.18. The van der Waals surface area contributed by atoms with Gasteiger partial charge in [0.25, 0.3) is 5.91 Å². The van der Waals surface area contributed by atoms with E-state index in [1.807, 2.05) is 13.8 Å². The summed E-state index contributed by atoms with van der Waals surface area (Å²) in [5.41, 5.74) is 1.54. The van der Waals surface area contributed by atoms with E-state index in [9.17, 15) is 9.59 Å². The molecule has 6 heteroatoms. The second-order valence-electron chi connectivity index (χ2n) is 6.14. The molecule has 0 unspecified atom stereocenters. The first-order chi connectivity index (χ1) is 12.4. The Labute approximate surface area is 163 Å². The standard InChI is InChI=1S/C20H20Cl2N2O2/c1-13(2)12-23-20(26)16-5-3-4-6-18(16)24-19(25)10-8-14-7-9-15(21)11-17(14)22/h3-11,13H,12H2,1-2H3,(H,23,26)(H,24,25)/b10-8+. The highest BCUT2D eigenvalue weighted by Crippen LogP contribution is 2.22. The van der Waals surface area contributed by atoms with Gasteiger partial charge in [-0.1, -0.05) is 55.2 Å². The van der Waals surface area contributed by atoms with Crippen molar-refractivity contribution in [3.63, 3.8) is 0 Å². The number of nitrogens with one attached hydrogen (secondary N) is 2. The Morgan fingerprint density at radius 2 is 1.85 bits per heavy atom. The zero-order valence-electron chi connectivity index (χ0n) is 14.6. The van der Waals surface area contributed by atoms with Crippen LogP contribution in [0, 0.1) is 5.92 Å². The highest BCUT2D eigenvalue weighted by molar-refractivity contribution is 6.35.